The Morgan fingerprint density at radius 2 is 2.08 bits per heavy atom. The summed E-state index contributed by atoms with van der Waals surface area (Å²) in [6.45, 7) is 3.45. The van der Waals surface area contributed by atoms with E-state index < -0.39 is 0 Å². The molecule has 0 aliphatic heterocycles. The van der Waals surface area contributed by atoms with Crippen molar-refractivity contribution in [1.82, 2.24) is 15.1 Å². The fraction of sp³-hybridized carbons (Fsp3) is 0.471. The molecular formula is C17H25N4O4S+. The Morgan fingerprint density at radius 1 is 1.35 bits per heavy atom. The normalized spacial score (nSPS) is 11.8. The topological polar surface area (TPSA) is 83.0 Å². The minimum absolute atomic E-state index is 0.000484. The first-order chi connectivity index (χ1) is 12.5. The molecule has 1 heterocycles. The van der Waals surface area contributed by atoms with Gasteiger partial charge in [0, 0.05) is 12.1 Å². The lowest BCUT2D eigenvalue weighted by Gasteiger charge is -2.12. The second-order valence-electron chi connectivity index (χ2n) is 5.88. The lowest BCUT2D eigenvalue weighted by Crippen LogP contribution is -3.09. The molecule has 1 amide bonds. The Kier molecular flexibility index (Phi) is 7.16. The maximum absolute atomic E-state index is 11.8. The highest BCUT2D eigenvalue weighted by Crippen LogP contribution is 2.31. The smallest absolute Gasteiger partial charge is 0.292 e. The Morgan fingerprint density at radius 3 is 2.73 bits per heavy atom. The number of nitrogens with one attached hydrogen (secondary N) is 2. The molecular weight excluding hydrogens is 356 g/mol. The number of ether oxygens (including phenoxy) is 2. The van der Waals surface area contributed by atoms with E-state index in [2.05, 4.69) is 10.4 Å². The third-order valence-electron chi connectivity index (χ3n) is 3.69. The second-order valence-corrected chi connectivity index (χ2v) is 6.23. The van der Waals surface area contributed by atoms with Crippen molar-refractivity contribution in [2.24, 2.45) is 0 Å². The number of quaternary nitrogens is 1. The predicted molar refractivity (Wildman–Crippen MR) is 98.9 cm³/mol. The summed E-state index contributed by atoms with van der Waals surface area (Å²) >= 11 is 5.25. The predicted octanol–water partition coefficient (Wildman–Crippen LogP) is 0.888. The Bertz CT molecular complexity index is 802. The van der Waals surface area contributed by atoms with Crippen LogP contribution in [0.3, 0.4) is 0 Å². The van der Waals surface area contributed by atoms with E-state index in [0.717, 1.165) is 16.9 Å². The molecule has 0 saturated carbocycles. The molecule has 9 heteroatoms. The highest BCUT2D eigenvalue weighted by atomic mass is 32.1. The lowest BCUT2D eigenvalue weighted by molar-refractivity contribution is -0.895. The largest absolute Gasteiger partial charge is 0.493 e. The van der Waals surface area contributed by atoms with Crippen LogP contribution in [0.5, 0.6) is 11.5 Å². The fourth-order valence-electron chi connectivity index (χ4n) is 2.40. The summed E-state index contributed by atoms with van der Waals surface area (Å²) in [7, 11) is 5.04. The molecule has 0 saturated heterocycles. The van der Waals surface area contributed by atoms with Gasteiger partial charge in [-0.2, -0.15) is 4.68 Å². The van der Waals surface area contributed by atoms with Crippen LogP contribution in [-0.4, -0.2) is 50.0 Å². The molecule has 1 aromatic heterocycles. The van der Waals surface area contributed by atoms with Crippen LogP contribution in [0.1, 0.15) is 13.3 Å². The van der Waals surface area contributed by atoms with E-state index in [9.17, 15) is 4.79 Å². The van der Waals surface area contributed by atoms with Gasteiger partial charge in [-0.15, -0.1) is 5.10 Å². The van der Waals surface area contributed by atoms with Gasteiger partial charge in [-0.25, -0.2) is 0 Å². The number of likely N-dealkylation sites (N-methyl/N-ethyl adjacent to an activating group) is 1. The van der Waals surface area contributed by atoms with Crippen molar-refractivity contribution in [3.63, 3.8) is 0 Å². The number of carbonyl (C=O) groups excluding carboxylic acids is 1. The van der Waals surface area contributed by atoms with Crippen LogP contribution < -0.4 is 19.7 Å². The summed E-state index contributed by atoms with van der Waals surface area (Å²) in [6, 6.07) is 5.38. The van der Waals surface area contributed by atoms with Crippen molar-refractivity contribution in [3.05, 3.63) is 23.0 Å². The summed E-state index contributed by atoms with van der Waals surface area (Å²) in [4.78, 5) is 13.0. The van der Waals surface area contributed by atoms with Crippen molar-refractivity contribution in [3.8, 4) is 23.0 Å². The van der Waals surface area contributed by atoms with Gasteiger partial charge in [-0.05, 0) is 36.8 Å². The SMILES string of the molecule is CCCNC(=O)C[NH+](C)Cn1nc(-c2ccc(OC)c(OC)c2)oc1=S. The molecule has 0 radical (unpaired) electrons. The molecule has 8 nitrogen and oxygen atoms in total. The average molecular weight is 381 g/mol. The molecule has 142 valence electrons. The molecule has 1 atom stereocenters. The minimum atomic E-state index is -0.000484. The van der Waals surface area contributed by atoms with Gasteiger partial charge in [0.2, 0.25) is 5.89 Å². The maximum atomic E-state index is 11.8. The van der Waals surface area contributed by atoms with Gasteiger partial charge in [0.1, 0.15) is 0 Å². The number of aromatic nitrogens is 2. The van der Waals surface area contributed by atoms with Crippen molar-refractivity contribution in [1.29, 1.82) is 0 Å². The van der Waals surface area contributed by atoms with E-state index in [4.69, 9.17) is 26.1 Å². The first kappa shape index (κ1) is 19.9. The Balaban J connectivity index is 2.11. The minimum Gasteiger partial charge on any atom is -0.493 e. The van der Waals surface area contributed by atoms with E-state index in [1.54, 1.807) is 31.0 Å². The molecule has 26 heavy (non-hydrogen) atoms. The molecule has 0 aliphatic carbocycles. The molecule has 0 fully saturated rings. The summed E-state index contributed by atoms with van der Waals surface area (Å²) in [5.41, 5.74) is 0.728. The number of amides is 1. The zero-order valence-corrected chi connectivity index (χ0v) is 16.3. The average Bonchev–Trinajstić information content (AvgIpc) is 2.99. The third kappa shape index (κ3) is 5.06. The molecule has 0 bridgehead atoms. The van der Waals surface area contributed by atoms with E-state index in [0.29, 0.717) is 37.1 Å². The number of methoxy groups -OCH3 is 2. The number of nitrogens with zero attached hydrogens (tertiary/aromatic N) is 2. The molecule has 2 N–H and O–H groups in total. The molecule has 1 unspecified atom stereocenters. The lowest BCUT2D eigenvalue weighted by atomic mass is 10.2. The maximum Gasteiger partial charge on any atom is 0.292 e. The highest BCUT2D eigenvalue weighted by Gasteiger charge is 2.15. The van der Waals surface area contributed by atoms with Crippen molar-refractivity contribution in [2.45, 2.75) is 20.0 Å². The second kappa shape index (κ2) is 9.35. The van der Waals surface area contributed by atoms with Gasteiger partial charge in [-0.1, -0.05) is 6.92 Å². The third-order valence-corrected chi connectivity index (χ3v) is 3.99. The van der Waals surface area contributed by atoms with Crippen LogP contribution in [0.25, 0.3) is 11.5 Å². The number of hydrogen-bond donors (Lipinski definition) is 2. The number of hydrogen-bond acceptors (Lipinski definition) is 6. The van der Waals surface area contributed by atoms with Crippen molar-refractivity contribution in [2.75, 3.05) is 34.4 Å². The number of carbonyl (C=O) groups is 1. The summed E-state index contributed by atoms with van der Waals surface area (Å²) in [6.07, 6.45) is 0.911. The van der Waals surface area contributed by atoms with E-state index in [-0.39, 0.29) is 10.7 Å². The monoisotopic (exact) mass is 381 g/mol. The van der Waals surface area contributed by atoms with Crippen LogP contribution in [0.15, 0.2) is 22.6 Å². The fourth-order valence-corrected chi connectivity index (χ4v) is 2.59. The summed E-state index contributed by atoms with van der Waals surface area (Å²) < 4.78 is 17.7. The highest BCUT2D eigenvalue weighted by molar-refractivity contribution is 7.71. The number of rotatable bonds is 9. The van der Waals surface area contributed by atoms with Crippen LogP contribution in [-0.2, 0) is 11.5 Å². The van der Waals surface area contributed by atoms with Gasteiger partial charge in [0.25, 0.3) is 10.7 Å². The zero-order chi connectivity index (χ0) is 19.1. The molecule has 2 rings (SSSR count). The van der Waals surface area contributed by atoms with Crippen LogP contribution in [0.2, 0.25) is 0 Å². The first-order valence-corrected chi connectivity index (χ1v) is 8.77. The van der Waals surface area contributed by atoms with Gasteiger partial charge in [0.15, 0.2) is 24.7 Å². The van der Waals surface area contributed by atoms with E-state index in [1.807, 2.05) is 20.0 Å². The van der Waals surface area contributed by atoms with E-state index >= 15 is 0 Å². The molecule has 0 spiro atoms. The summed E-state index contributed by atoms with van der Waals surface area (Å²) in [5.74, 6) is 1.59. The Labute approximate surface area is 157 Å². The van der Waals surface area contributed by atoms with Crippen LogP contribution in [0.4, 0.5) is 0 Å². The zero-order valence-electron chi connectivity index (χ0n) is 15.5. The number of benzene rings is 1. The van der Waals surface area contributed by atoms with Crippen molar-refractivity contribution >= 4 is 18.1 Å². The van der Waals surface area contributed by atoms with Gasteiger partial charge >= 0.3 is 0 Å². The van der Waals surface area contributed by atoms with Crippen LogP contribution >= 0.6 is 12.2 Å². The van der Waals surface area contributed by atoms with Crippen LogP contribution in [0, 0.1) is 4.84 Å². The molecule has 2 aromatic rings. The van der Waals surface area contributed by atoms with Gasteiger partial charge in [0.05, 0.1) is 21.3 Å². The van der Waals surface area contributed by atoms with Gasteiger partial charge < -0.3 is 24.1 Å². The van der Waals surface area contributed by atoms with Gasteiger partial charge in [-0.3, -0.25) is 4.79 Å². The first-order valence-electron chi connectivity index (χ1n) is 8.36. The summed E-state index contributed by atoms with van der Waals surface area (Å²) in [5, 5.41) is 7.27. The quantitative estimate of drug-likeness (QED) is 0.628. The Hall–Kier alpha value is -2.39. The molecule has 1 aromatic carbocycles. The molecule has 0 aliphatic rings. The standard InChI is InChI=1S/C17H24N4O4S/c1-5-8-18-15(22)10-20(2)11-21-17(26)25-16(19-21)12-6-7-13(23-3)14(9-12)24-4/h6-7,9H,5,8,10-11H2,1-4H3,(H,18,22)/p+1. The van der Waals surface area contributed by atoms with E-state index in [1.165, 1.54) is 0 Å². The van der Waals surface area contributed by atoms with Crippen molar-refractivity contribution < 1.29 is 23.6 Å².